The van der Waals surface area contributed by atoms with Crippen LogP contribution in [0.2, 0.25) is 0 Å². The Hall–Kier alpha value is -3.57. The number of benzene rings is 3. The van der Waals surface area contributed by atoms with Gasteiger partial charge in [-0.2, -0.15) is 0 Å². The fourth-order valence-corrected chi connectivity index (χ4v) is 5.81. The number of para-hydroxylation sites is 2. The van der Waals surface area contributed by atoms with Crippen LogP contribution in [0.4, 0.5) is 16.2 Å². The molecule has 2 saturated heterocycles. The number of carbonyl (C=O) groups is 1. The smallest absolute Gasteiger partial charge is 0.325 e. The normalized spacial score (nSPS) is 24.2. The number of nitrogens with one attached hydrogen (secondary N) is 2. The van der Waals surface area contributed by atoms with Gasteiger partial charge >= 0.3 is 13.6 Å². The summed E-state index contributed by atoms with van der Waals surface area (Å²) in [6, 6.07) is 24.0. The lowest BCUT2D eigenvalue weighted by atomic mass is 10.1. The van der Waals surface area contributed by atoms with Gasteiger partial charge in [-0.3, -0.25) is 4.57 Å². The molecule has 0 radical (unpaired) electrons. The summed E-state index contributed by atoms with van der Waals surface area (Å²) < 4.78 is 32.3. The average Bonchev–Trinajstić information content (AvgIpc) is 3.62. The van der Waals surface area contributed by atoms with Crippen molar-refractivity contribution in [2.24, 2.45) is 0 Å². The van der Waals surface area contributed by atoms with Crippen LogP contribution in [0.5, 0.6) is 0 Å². The van der Waals surface area contributed by atoms with E-state index in [9.17, 15) is 19.1 Å². The van der Waals surface area contributed by atoms with Gasteiger partial charge in [-0.05, 0) is 36.2 Å². The zero-order chi connectivity index (χ0) is 27.7. The number of amides is 2. The molecular formula is C28H29N4O7P. The Labute approximate surface area is 230 Å². The molecule has 1 aromatic heterocycles. The van der Waals surface area contributed by atoms with Gasteiger partial charge in [-0.15, -0.1) is 0 Å². The topological polar surface area (TPSA) is 144 Å². The molecule has 3 unspecified atom stereocenters. The predicted molar refractivity (Wildman–Crippen MR) is 148 cm³/mol. The van der Waals surface area contributed by atoms with E-state index in [1.165, 1.54) is 0 Å². The van der Waals surface area contributed by atoms with Gasteiger partial charge in [-0.1, -0.05) is 54.6 Å². The fraction of sp³-hybridized carbons (Fsp3) is 0.286. The number of fused-ring (bicyclic) bond motifs is 2. The van der Waals surface area contributed by atoms with Crippen LogP contribution in [0.15, 0.2) is 85.2 Å². The first kappa shape index (κ1) is 26.6. The van der Waals surface area contributed by atoms with Crippen LogP contribution in [-0.4, -0.2) is 56.1 Å². The molecule has 3 heterocycles. The SMILES string of the molecule is O=C(Nc1ccccc1)Nc1cccc2c1ncn2[C@@H]1O[C@H](CCP(=O)(O)O)C2OC(Cc3ccccc3)OC21. The van der Waals surface area contributed by atoms with Gasteiger partial charge in [0.05, 0.1) is 29.8 Å². The van der Waals surface area contributed by atoms with Gasteiger partial charge in [0.2, 0.25) is 0 Å². The van der Waals surface area contributed by atoms with Crippen molar-refractivity contribution >= 4 is 36.0 Å². The number of urea groups is 1. The minimum absolute atomic E-state index is 0.114. The van der Waals surface area contributed by atoms with E-state index < -0.39 is 44.5 Å². The highest BCUT2D eigenvalue weighted by molar-refractivity contribution is 7.51. The maximum absolute atomic E-state index is 12.6. The van der Waals surface area contributed by atoms with E-state index in [1.54, 1.807) is 30.6 Å². The summed E-state index contributed by atoms with van der Waals surface area (Å²) in [6.45, 7) is 0. The third kappa shape index (κ3) is 5.80. The highest BCUT2D eigenvalue weighted by atomic mass is 31.2. The lowest BCUT2D eigenvalue weighted by molar-refractivity contribution is -0.143. The largest absolute Gasteiger partial charge is 0.349 e. The van der Waals surface area contributed by atoms with Gasteiger partial charge < -0.3 is 39.2 Å². The Bertz CT molecular complexity index is 1530. The first-order valence-corrected chi connectivity index (χ1v) is 14.8. The Kier molecular flexibility index (Phi) is 7.41. The summed E-state index contributed by atoms with van der Waals surface area (Å²) in [5.74, 6) is 0. The molecule has 0 saturated carbocycles. The molecule has 6 rings (SSSR count). The van der Waals surface area contributed by atoms with Gasteiger partial charge in [0.15, 0.2) is 12.5 Å². The van der Waals surface area contributed by atoms with E-state index in [0.29, 0.717) is 28.8 Å². The van der Waals surface area contributed by atoms with Crippen molar-refractivity contribution in [2.45, 2.75) is 43.7 Å². The Morgan fingerprint density at radius 1 is 0.900 bits per heavy atom. The fourth-order valence-electron chi connectivity index (χ4n) is 5.22. The lowest BCUT2D eigenvalue weighted by Gasteiger charge is -2.22. The molecule has 4 aromatic rings. The third-order valence-corrected chi connectivity index (χ3v) is 7.85. The van der Waals surface area contributed by atoms with Crippen LogP contribution in [0.3, 0.4) is 0 Å². The van der Waals surface area contributed by atoms with Crippen molar-refractivity contribution in [1.29, 1.82) is 0 Å². The first-order valence-electron chi connectivity index (χ1n) is 13.0. The molecule has 208 valence electrons. The molecule has 11 nitrogen and oxygen atoms in total. The van der Waals surface area contributed by atoms with Crippen LogP contribution in [-0.2, 0) is 25.2 Å². The minimum Gasteiger partial charge on any atom is -0.349 e. The maximum atomic E-state index is 12.6. The highest BCUT2D eigenvalue weighted by Gasteiger charge is 2.53. The molecule has 2 aliphatic heterocycles. The van der Waals surface area contributed by atoms with Gasteiger partial charge in [0.25, 0.3) is 0 Å². The van der Waals surface area contributed by atoms with Crippen LogP contribution >= 0.6 is 7.60 Å². The highest BCUT2D eigenvalue weighted by Crippen LogP contribution is 2.45. The van der Waals surface area contributed by atoms with E-state index in [1.807, 2.05) is 59.2 Å². The lowest BCUT2D eigenvalue weighted by Crippen LogP contribution is -2.29. The van der Waals surface area contributed by atoms with Gasteiger partial charge in [0, 0.05) is 12.1 Å². The second-order valence-corrected chi connectivity index (χ2v) is 11.6. The molecule has 0 bridgehead atoms. The van der Waals surface area contributed by atoms with E-state index in [2.05, 4.69) is 15.6 Å². The summed E-state index contributed by atoms with van der Waals surface area (Å²) >= 11 is 0. The van der Waals surface area contributed by atoms with Crippen molar-refractivity contribution in [3.8, 4) is 0 Å². The zero-order valence-corrected chi connectivity index (χ0v) is 22.3. The number of ether oxygens (including phenoxy) is 3. The number of carbonyl (C=O) groups excluding carboxylic acids is 1. The monoisotopic (exact) mass is 564 g/mol. The third-order valence-electron chi connectivity index (χ3n) is 7.01. The van der Waals surface area contributed by atoms with E-state index in [0.717, 1.165) is 5.56 Å². The molecule has 0 spiro atoms. The predicted octanol–water partition coefficient (Wildman–Crippen LogP) is 4.50. The van der Waals surface area contributed by atoms with Crippen LogP contribution in [0, 0.1) is 0 Å². The molecule has 2 aliphatic rings. The second-order valence-electron chi connectivity index (χ2n) is 9.83. The standard InChI is InChI=1S/C28H29N4O7P/c33-28(30-19-10-5-2-6-11-19)31-20-12-7-13-21-24(20)29-17-32(21)27-26-25(22(37-27)14-15-40(34,35)36)38-23(39-26)16-18-8-3-1-4-9-18/h1-13,17,22-23,25-27H,14-16H2,(H2,30,31,33)(H2,34,35,36)/t22-,23?,25?,26?,27-/m1/s1. The van der Waals surface area contributed by atoms with Crippen molar-refractivity contribution in [3.05, 3.63) is 90.8 Å². The first-order chi connectivity index (χ1) is 19.3. The molecule has 0 aliphatic carbocycles. The summed E-state index contributed by atoms with van der Waals surface area (Å²) in [5.41, 5.74) is 3.49. The Balaban J connectivity index is 1.24. The zero-order valence-electron chi connectivity index (χ0n) is 21.4. The van der Waals surface area contributed by atoms with Crippen molar-refractivity contribution in [1.82, 2.24) is 9.55 Å². The van der Waals surface area contributed by atoms with Crippen molar-refractivity contribution in [2.75, 3.05) is 16.8 Å². The van der Waals surface area contributed by atoms with Gasteiger partial charge in [0.1, 0.15) is 17.7 Å². The summed E-state index contributed by atoms with van der Waals surface area (Å²) in [5, 5.41) is 5.65. The van der Waals surface area contributed by atoms with Crippen LogP contribution in [0.1, 0.15) is 18.2 Å². The van der Waals surface area contributed by atoms with Gasteiger partial charge in [-0.25, -0.2) is 9.78 Å². The van der Waals surface area contributed by atoms with Crippen LogP contribution in [0.25, 0.3) is 11.0 Å². The summed E-state index contributed by atoms with van der Waals surface area (Å²) in [7, 11) is -4.23. The number of imidazole rings is 1. The average molecular weight is 565 g/mol. The van der Waals surface area contributed by atoms with Crippen molar-refractivity contribution < 1.29 is 33.4 Å². The van der Waals surface area contributed by atoms with E-state index in [-0.39, 0.29) is 12.6 Å². The maximum Gasteiger partial charge on any atom is 0.325 e. The minimum atomic E-state index is -4.23. The molecule has 3 aromatic carbocycles. The molecule has 2 fully saturated rings. The van der Waals surface area contributed by atoms with Crippen molar-refractivity contribution in [3.63, 3.8) is 0 Å². The molecule has 12 heteroatoms. The number of anilines is 2. The second kappa shape index (κ2) is 11.1. The Morgan fingerprint density at radius 3 is 2.38 bits per heavy atom. The Morgan fingerprint density at radius 2 is 1.62 bits per heavy atom. The molecule has 2 amide bonds. The number of hydrogen-bond donors (Lipinski definition) is 4. The molecule has 5 atom stereocenters. The van der Waals surface area contributed by atoms with E-state index >= 15 is 0 Å². The molecule has 40 heavy (non-hydrogen) atoms. The number of aromatic nitrogens is 2. The number of rotatable bonds is 8. The summed E-state index contributed by atoms with van der Waals surface area (Å²) in [6.07, 6.45) is -0.864. The number of nitrogens with zero attached hydrogens (tertiary/aromatic N) is 2. The quantitative estimate of drug-likeness (QED) is 0.229. The van der Waals surface area contributed by atoms with Crippen LogP contribution < -0.4 is 10.6 Å². The summed E-state index contributed by atoms with van der Waals surface area (Å²) in [4.78, 5) is 36.2. The van der Waals surface area contributed by atoms with E-state index in [4.69, 9.17) is 14.2 Å². The molecule has 4 N–H and O–H groups in total. The number of hydrogen-bond acceptors (Lipinski definition) is 6. The molecular weight excluding hydrogens is 535 g/mol.